The van der Waals surface area contributed by atoms with E-state index >= 15 is 0 Å². The van der Waals surface area contributed by atoms with Gasteiger partial charge in [-0.3, -0.25) is 20.1 Å². The van der Waals surface area contributed by atoms with Crippen molar-refractivity contribution in [1.29, 1.82) is 0 Å². The standard InChI is InChI=1S/C17H21N3O3/c1-3-22-17(21)10-19-16-8-15(23-20-16)11(2)13-9-18-14-7-5-4-6-12(13)14/h4-7,9,11,15,18H,3,8,10H2,1-2H3,(H,19,20)/t11-,15+/m1/s1. The van der Waals surface area contributed by atoms with Crippen molar-refractivity contribution in [2.45, 2.75) is 32.3 Å². The summed E-state index contributed by atoms with van der Waals surface area (Å²) in [5.74, 6) is 0.568. The van der Waals surface area contributed by atoms with Crippen LogP contribution in [0.1, 0.15) is 31.7 Å². The highest BCUT2D eigenvalue weighted by atomic mass is 16.7. The zero-order valence-corrected chi connectivity index (χ0v) is 13.3. The van der Waals surface area contributed by atoms with Crippen LogP contribution in [0.4, 0.5) is 0 Å². The normalized spacial score (nSPS) is 20.6. The number of aliphatic imine (C=N–C) groups is 1. The number of hydrogen-bond donors (Lipinski definition) is 2. The number of nitrogens with one attached hydrogen (secondary N) is 2. The fraction of sp³-hybridized carbons (Fsp3) is 0.412. The number of esters is 1. The molecule has 2 N–H and O–H groups in total. The fourth-order valence-electron chi connectivity index (χ4n) is 2.83. The second-order valence-electron chi connectivity index (χ2n) is 5.61. The number of H-pyrrole nitrogens is 1. The van der Waals surface area contributed by atoms with E-state index in [9.17, 15) is 4.79 Å². The van der Waals surface area contributed by atoms with Crippen molar-refractivity contribution in [3.05, 3.63) is 36.0 Å². The van der Waals surface area contributed by atoms with Gasteiger partial charge in [0.15, 0.2) is 0 Å². The number of fused-ring (bicyclic) bond motifs is 1. The third-order valence-corrected chi connectivity index (χ3v) is 4.10. The minimum Gasteiger partial charge on any atom is -0.465 e. The topological polar surface area (TPSA) is 75.7 Å². The predicted octanol–water partition coefficient (Wildman–Crippen LogP) is 2.53. The summed E-state index contributed by atoms with van der Waals surface area (Å²) in [4.78, 5) is 24.5. The van der Waals surface area contributed by atoms with Crippen molar-refractivity contribution in [2.75, 3.05) is 13.2 Å². The molecule has 0 spiro atoms. The summed E-state index contributed by atoms with van der Waals surface area (Å²) in [7, 11) is 0. The maximum atomic E-state index is 11.3. The van der Waals surface area contributed by atoms with E-state index in [1.54, 1.807) is 6.92 Å². The minimum absolute atomic E-state index is 0.0184. The van der Waals surface area contributed by atoms with Crippen LogP contribution >= 0.6 is 0 Å². The van der Waals surface area contributed by atoms with Gasteiger partial charge in [0.05, 0.1) is 12.7 Å². The van der Waals surface area contributed by atoms with Gasteiger partial charge in [-0.25, -0.2) is 0 Å². The third-order valence-electron chi connectivity index (χ3n) is 4.10. The van der Waals surface area contributed by atoms with Crippen molar-refractivity contribution in [1.82, 2.24) is 10.5 Å². The molecule has 0 unspecified atom stereocenters. The molecule has 23 heavy (non-hydrogen) atoms. The van der Waals surface area contributed by atoms with E-state index in [4.69, 9.17) is 9.57 Å². The number of hydrogen-bond acceptors (Lipinski definition) is 4. The lowest BCUT2D eigenvalue weighted by molar-refractivity contribution is -0.141. The minimum atomic E-state index is -0.324. The fourth-order valence-corrected chi connectivity index (χ4v) is 2.83. The summed E-state index contributed by atoms with van der Waals surface area (Å²) in [5.41, 5.74) is 5.17. The maximum Gasteiger partial charge on any atom is 0.327 e. The van der Waals surface area contributed by atoms with Gasteiger partial charge in [-0.15, -0.1) is 0 Å². The van der Waals surface area contributed by atoms with Crippen molar-refractivity contribution in [3.8, 4) is 0 Å². The van der Waals surface area contributed by atoms with E-state index in [0.717, 1.165) is 5.52 Å². The first-order valence-corrected chi connectivity index (χ1v) is 7.85. The van der Waals surface area contributed by atoms with E-state index < -0.39 is 0 Å². The van der Waals surface area contributed by atoms with E-state index in [0.29, 0.717) is 18.9 Å². The Balaban J connectivity index is 1.66. The molecule has 2 aromatic rings. The number of carbonyl (C=O) groups excluding carboxylic acids is 1. The molecule has 2 atom stereocenters. The molecule has 6 heteroatoms. The van der Waals surface area contributed by atoms with Gasteiger partial charge >= 0.3 is 5.97 Å². The van der Waals surface area contributed by atoms with Crippen molar-refractivity contribution in [3.63, 3.8) is 0 Å². The van der Waals surface area contributed by atoms with Crippen molar-refractivity contribution >= 4 is 22.7 Å². The number of amidine groups is 1. The largest absolute Gasteiger partial charge is 0.465 e. The van der Waals surface area contributed by atoms with Crippen molar-refractivity contribution in [2.24, 2.45) is 4.99 Å². The Bertz CT molecular complexity index is 723. The molecule has 0 saturated carbocycles. The third kappa shape index (κ3) is 3.37. The zero-order valence-electron chi connectivity index (χ0n) is 13.3. The van der Waals surface area contributed by atoms with Gasteiger partial charge in [0.25, 0.3) is 0 Å². The van der Waals surface area contributed by atoms with Crippen molar-refractivity contribution < 1.29 is 14.4 Å². The molecule has 0 radical (unpaired) electrons. The molecular weight excluding hydrogens is 294 g/mol. The van der Waals surface area contributed by atoms with Crippen LogP contribution in [-0.4, -0.2) is 36.0 Å². The Kier molecular flexibility index (Phi) is 4.62. The van der Waals surface area contributed by atoms with E-state index in [2.05, 4.69) is 34.5 Å². The number of hydroxylamine groups is 1. The lowest BCUT2D eigenvalue weighted by Gasteiger charge is -2.16. The second-order valence-corrected chi connectivity index (χ2v) is 5.61. The first-order chi connectivity index (χ1) is 11.2. The van der Waals surface area contributed by atoms with Gasteiger partial charge in [-0.2, -0.15) is 0 Å². The summed E-state index contributed by atoms with van der Waals surface area (Å²) in [6.07, 6.45) is 2.67. The molecule has 6 nitrogen and oxygen atoms in total. The lowest BCUT2D eigenvalue weighted by atomic mass is 9.93. The van der Waals surface area contributed by atoms with Crippen LogP contribution in [0.5, 0.6) is 0 Å². The summed E-state index contributed by atoms with van der Waals surface area (Å²) in [6.45, 7) is 4.30. The zero-order chi connectivity index (χ0) is 16.2. The molecule has 0 bridgehead atoms. The van der Waals surface area contributed by atoms with Crippen LogP contribution in [0.3, 0.4) is 0 Å². The van der Waals surface area contributed by atoms with E-state index in [1.807, 2.05) is 18.3 Å². The predicted molar refractivity (Wildman–Crippen MR) is 88.3 cm³/mol. The Morgan fingerprint density at radius 1 is 1.48 bits per heavy atom. The quantitative estimate of drug-likeness (QED) is 0.831. The number of carbonyl (C=O) groups is 1. The first kappa shape index (κ1) is 15.6. The van der Waals surface area contributed by atoms with E-state index in [1.165, 1.54) is 10.9 Å². The Labute approximate surface area is 134 Å². The molecule has 1 aliphatic heterocycles. The molecule has 3 rings (SSSR count). The monoisotopic (exact) mass is 315 g/mol. The van der Waals surface area contributed by atoms with Crippen LogP contribution in [0.15, 0.2) is 35.5 Å². The molecule has 0 aliphatic carbocycles. The van der Waals surface area contributed by atoms with Crippen LogP contribution in [0, 0.1) is 0 Å². The average Bonchev–Trinajstić information content (AvgIpc) is 3.20. The smallest absolute Gasteiger partial charge is 0.327 e. The maximum absolute atomic E-state index is 11.3. The number of aromatic nitrogens is 1. The molecule has 1 aromatic heterocycles. The van der Waals surface area contributed by atoms with Gasteiger partial charge in [0, 0.05) is 29.4 Å². The first-order valence-electron chi connectivity index (χ1n) is 7.85. The highest BCUT2D eigenvalue weighted by molar-refractivity contribution is 5.86. The lowest BCUT2D eigenvalue weighted by Crippen LogP contribution is -2.17. The molecule has 1 fully saturated rings. The number of benzene rings is 1. The molecule has 1 saturated heterocycles. The van der Waals surface area contributed by atoms with Crippen LogP contribution in [0.25, 0.3) is 10.9 Å². The molecule has 2 heterocycles. The number of para-hydroxylation sites is 1. The molecule has 122 valence electrons. The van der Waals surface area contributed by atoms with Gasteiger partial charge in [-0.05, 0) is 18.6 Å². The van der Waals surface area contributed by atoms with Crippen LogP contribution < -0.4 is 5.48 Å². The van der Waals surface area contributed by atoms with Gasteiger partial charge < -0.3 is 9.72 Å². The number of aromatic amines is 1. The molecule has 0 amide bonds. The summed E-state index contributed by atoms with van der Waals surface area (Å²) in [5, 5.41) is 1.21. The highest BCUT2D eigenvalue weighted by Gasteiger charge is 2.29. The number of ether oxygens (including phenoxy) is 1. The van der Waals surface area contributed by atoms with Crippen LogP contribution in [-0.2, 0) is 14.4 Å². The molecule has 1 aliphatic rings. The second kappa shape index (κ2) is 6.83. The molecular formula is C17H21N3O3. The summed E-state index contributed by atoms with van der Waals surface area (Å²) in [6, 6.07) is 8.22. The number of rotatable bonds is 5. The Morgan fingerprint density at radius 3 is 3.13 bits per heavy atom. The molecule has 1 aromatic carbocycles. The number of nitrogens with zero attached hydrogens (tertiary/aromatic N) is 1. The van der Waals surface area contributed by atoms with Crippen LogP contribution in [0.2, 0.25) is 0 Å². The Morgan fingerprint density at radius 2 is 2.30 bits per heavy atom. The van der Waals surface area contributed by atoms with Gasteiger partial charge in [0.1, 0.15) is 12.4 Å². The SMILES string of the molecule is CCOC(=O)CN=C1C[C@@H]([C@H](C)c2c[nH]c3ccccc23)ON1. The summed E-state index contributed by atoms with van der Waals surface area (Å²) >= 11 is 0. The average molecular weight is 315 g/mol. The van der Waals surface area contributed by atoms with E-state index in [-0.39, 0.29) is 24.5 Å². The summed E-state index contributed by atoms with van der Waals surface area (Å²) < 4.78 is 4.86. The Hall–Kier alpha value is -2.34. The van der Waals surface area contributed by atoms with Gasteiger partial charge in [0.2, 0.25) is 0 Å². The van der Waals surface area contributed by atoms with Gasteiger partial charge in [-0.1, -0.05) is 25.1 Å². The highest BCUT2D eigenvalue weighted by Crippen LogP contribution is 2.31.